The first-order valence-electron chi connectivity index (χ1n) is 7.80. The van der Waals surface area contributed by atoms with Gasteiger partial charge in [0.15, 0.2) is 0 Å². The van der Waals surface area contributed by atoms with Gasteiger partial charge in [-0.1, -0.05) is 66.7 Å². The maximum atomic E-state index is 6.48. The van der Waals surface area contributed by atoms with Crippen molar-refractivity contribution in [3.63, 3.8) is 0 Å². The Balaban J connectivity index is 1.95. The lowest BCUT2D eigenvalue weighted by atomic mass is 9.96. The van der Waals surface area contributed by atoms with Gasteiger partial charge >= 0.3 is 0 Å². The van der Waals surface area contributed by atoms with Gasteiger partial charge in [-0.25, -0.2) is 0 Å². The molecule has 0 aliphatic rings. The first-order chi connectivity index (χ1) is 11.3. The van der Waals surface area contributed by atoms with Crippen molar-refractivity contribution in [3.8, 4) is 5.75 Å². The lowest BCUT2D eigenvalue weighted by Crippen LogP contribution is -2.04. The van der Waals surface area contributed by atoms with Gasteiger partial charge in [-0.2, -0.15) is 0 Å². The topological polar surface area (TPSA) is 35.2 Å². The van der Waals surface area contributed by atoms with Crippen LogP contribution < -0.4 is 10.5 Å². The van der Waals surface area contributed by atoms with Gasteiger partial charge in [0.1, 0.15) is 5.75 Å². The van der Waals surface area contributed by atoms with Crippen molar-refractivity contribution >= 4 is 5.69 Å². The summed E-state index contributed by atoms with van der Waals surface area (Å²) in [6.45, 7) is 0. The third kappa shape index (κ3) is 3.54. The molecule has 2 nitrogen and oxygen atoms in total. The molecule has 0 saturated heterocycles. The molecule has 0 radical (unpaired) electrons. The summed E-state index contributed by atoms with van der Waals surface area (Å²) in [4.78, 5) is 0. The first kappa shape index (κ1) is 15.2. The predicted octanol–water partition coefficient (Wildman–Crippen LogP) is 4.46. The number of methoxy groups -OCH3 is 1. The summed E-state index contributed by atoms with van der Waals surface area (Å²) in [5.74, 6) is 0.850. The Bertz CT molecular complexity index is 767. The zero-order chi connectivity index (χ0) is 16.1. The molecule has 0 bridgehead atoms. The zero-order valence-electron chi connectivity index (χ0n) is 13.3. The number of benzene rings is 3. The Morgan fingerprint density at radius 1 is 0.739 bits per heavy atom. The molecule has 0 spiro atoms. The molecule has 0 amide bonds. The normalized spacial score (nSPS) is 10.5. The minimum atomic E-state index is 0.776. The van der Waals surface area contributed by atoms with Gasteiger partial charge in [0, 0.05) is 17.7 Å². The Hall–Kier alpha value is -2.74. The average molecular weight is 303 g/mol. The number of rotatable bonds is 5. The molecule has 2 heteroatoms. The van der Waals surface area contributed by atoms with E-state index in [1.807, 2.05) is 30.3 Å². The van der Waals surface area contributed by atoms with Gasteiger partial charge in [-0.15, -0.1) is 0 Å². The summed E-state index contributed by atoms with van der Waals surface area (Å²) >= 11 is 0. The Morgan fingerprint density at radius 2 is 1.30 bits per heavy atom. The molecule has 2 N–H and O–H groups in total. The van der Waals surface area contributed by atoms with Crippen LogP contribution in [0.4, 0.5) is 5.69 Å². The highest BCUT2D eigenvalue weighted by molar-refractivity contribution is 5.62. The maximum absolute atomic E-state index is 6.48. The average Bonchev–Trinajstić information content (AvgIpc) is 2.60. The molecule has 0 aliphatic heterocycles. The summed E-state index contributed by atoms with van der Waals surface area (Å²) < 4.78 is 5.52. The molecule has 3 aromatic carbocycles. The third-order valence-electron chi connectivity index (χ3n) is 4.09. The maximum Gasteiger partial charge on any atom is 0.124 e. The molecular formula is C21H21NO. The fourth-order valence-corrected chi connectivity index (χ4v) is 2.84. The SMILES string of the molecule is COc1ccc(Cc2ccccc2)c(N)c1Cc1ccccc1. The van der Waals surface area contributed by atoms with Crippen molar-refractivity contribution in [3.05, 3.63) is 95.1 Å². The van der Waals surface area contributed by atoms with Crippen molar-refractivity contribution in [1.29, 1.82) is 0 Å². The van der Waals surface area contributed by atoms with Gasteiger partial charge < -0.3 is 10.5 Å². The fraction of sp³-hybridized carbons (Fsp3) is 0.143. The van der Waals surface area contributed by atoms with Gasteiger partial charge in [0.25, 0.3) is 0 Å². The van der Waals surface area contributed by atoms with E-state index in [1.54, 1.807) is 7.11 Å². The second kappa shape index (κ2) is 7.01. The first-order valence-corrected chi connectivity index (χ1v) is 7.80. The zero-order valence-corrected chi connectivity index (χ0v) is 13.3. The van der Waals surface area contributed by atoms with Gasteiger partial charge in [-0.3, -0.25) is 0 Å². The number of anilines is 1. The quantitative estimate of drug-likeness (QED) is 0.706. The van der Waals surface area contributed by atoms with Crippen LogP contribution in [0.5, 0.6) is 5.75 Å². The smallest absolute Gasteiger partial charge is 0.124 e. The van der Waals surface area contributed by atoms with E-state index in [-0.39, 0.29) is 0 Å². The number of hydrogen-bond acceptors (Lipinski definition) is 2. The highest BCUT2D eigenvalue weighted by atomic mass is 16.5. The summed E-state index contributed by atoms with van der Waals surface area (Å²) in [5, 5.41) is 0. The molecule has 0 fully saturated rings. The molecule has 0 atom stereocenters. The van der Waals surface area contributed by atoms with Crippen LogP contribution >= 0.6 is 0 Å². The van der Waals surface area contributed by atoms with Crippen LogP contribution in [0.2, 0.25) is 0 Å². The summed E-state index contributed by atoms with van der Waals surface area (Å²) in [6, 6.07) is 24.8. The minimum Gasteiger partial charge on any atom is -0.496 e. The molecule has 116 valence electrons. The summed E-state index contributed by atoms with van der Waals surface area (Å²) in [5.41, 5.74) is 12.0. The van der Waals surface area contributed by atoms with E-state index in [2.05, 4.69) is 42.5 Å². The van der Waals surface area contributed by atoms with Crippen molar-refractivity contribution in [2.45, 2.75) is 12.8 Å². The number of nitrogens with two attached hydrogens (primary N) is 1. The molecule has 0 aliphatic carbocycles. The second-order valence-electron chi connectivity index (χ2n) is 5.64. The molecule has 0 heterocycles. The van der Waals surface area contributed by atoms with Crippen molar-refractivity contribution < 1.29 is 4.74 Å². The Morgan fingerprint density at radius 3 is 1.87 bits per heavy atom. The van der Waals surface area contributed by atoms with Crippen LogP contribution in [0.3, 0.4) is 0 Å². The number of ether oxygens (including phenoxy) is 1. The molecule has 0 aromatic heterocycles. The molecule has 3 aromatic rings. The lowest BCUT2D eigenvalue weighted by molar-refractivity contribution is 0.411. The number of hydrogen-bond donors (Lipinski definition) is 1. The van der Waals surface area contributed by atoms with Gasteiger partial charge in [0.2, 0.25) is 0 Å². The van der Waals surface area contributed by atoms with E-state index in [9.17, 15) is 0 Å². The Kier molecular flexibility index (Phi) is 4.62. The molecular weight excluding hydrogens is 282 g/mol. The van der Waals surface area contributed by atoms with Crippen LogP contribution in [-0.2, 0) is 12.8 Å². The van der Waals surface area contributed by atoms with Crippen LogP contribution in [0, 0.1) is 0 Å². The van der Waals surface area contributed by atoms with Gasteiger partial charge in [0.05, 0.1) is 7.11 Å². The predicted molar refractivity (Wildman–Crippen MR) is 95.9 cm³/mol. The molecule has 0 unspecified atom stereocenters. The van der Waals surface area contributed by atoms with Crippen LogP contribution in [0.15, 0.2) is 72.8 Å². The van der Waals surface area contributed by atoms with E-state index >= 15 is 0 Å². The summed E-state index contributed by atoms with van der Waals surface area (Å²) in [6.07, 6.45) is 1.61. The monoisotopic (exact) mass is 303 g/mol. The van der Waals surface area contributed by atoms with Crippen LogP contribution in [0.1, 0.15) is 22.3 Å². The number of nitrogen functional groups attached to an aromatic ring is 1. The van der Waals surface area contributed by atoms with Gasteiger partial charge in [-0.05, 0) is 29.2 Å². The van der Waals surface area contributed by atoms with Crippen molar-refractivity contribution in [2.75, 3.05) is 12.8 Å². The molecule has 23 heavy (non-hydrogen) atoms. The lowest BCUT2D eigenvalue weighted by Gasteiger charge is -2.15. The Labute approximate surface area is 137 Å². The van der Waals surface area contributed by atoms with E-state index in [0.717, 1.165) is 35.4 Å². The van der Waals surface area contributed by atoms with Crippen molar-refractivity contribution in [2.24, 2.45) is 0 Å². The largest absolute Gasteiger partial charge is 0.496 e. The van der Waals surface area contributed by atoms with E-state index in [0.29, 0.717) is 0 Å². The van der Waals surface area contributed by atoms with E-state index in [1.165, 1.54) is 11.1 Å². The highest BCUT2D eigenvalue weighted by Gasteiger charge is 2.12. The highest BCUT2D eigenvalue weighted by Crippen LogP contribution is 2.31. The minimum absolute atomic E-state index is 0.776. The third-order valence-corrected chi connectivity index (χ3v) is 4.09. The van der Waals surface area contributed by atoms with Crippen molar-refractivity contribution in [1.82, 2.24) is 0 Å². The summed E-state index contributed by atoms with van der Waals surface area (Å²) in [7, 11) is 1.69. The van der Waals surface area contributed by atoms with E-state index in [4.69, 9.17) is 10.5 Å². The fourth-order valence-electron chi connectivity index (χ4n) is 2.84. The molecule has 0 saturated carbocycles. The van der Waals surface area contributed by atoms with Crippen LogP contribution in [-0.4, -0.2) is 7.11 Å². The second-order valence-corrected chi connectivity index (χ2v) is 5.64. The standard InChI is InChI=1S/C21H21NO/c1-23-20-13-12-18(14-16-8-4-2-5-9-16)21(22)19(20)15-17-10-6-3-7-11-17/h2-13H,14-15,22H2,1H3. The van der Waals surface area contributed by atoms with Crippen LogP contribution in [0.25, 0.3) is 0 Å². The molecule has 3 rings (SSSR count). The van der Waals surface area contributed by atoms with E-state index < -0.39 is 0 Å².